The first-order valence-electron chi connectivity index (χ1n) is 6.06. The maximum atomic E-state index is 12.1. The Morgan fingerprint density at radius 2 is 2.05 bits per heavy atom. The second kappa shape index (κ2) is 6.36. The summed E-state index contributed by atoms with van der Waals surface area (Å²) in [6.45, 7) is 2.24. The van der Waals surface area contributed by atoms with Crippen LogP contribution in [0.4, 0.5) is 5.69 Å². The average Bonchev–Trinajstić information content (AvgIpc) is 2.46. The van der Waals surface area contributed by atoms with Crippen molar-refractivity contribution in [3.8, 4) is 0 Å². The van der Waals surface area contributed by atoms with Crippen LogP contribution in [0.15, 0.2) is 36.5 Å². The SMILES string of the molecule is Cc1cc(NN)c(C(=O)NCc2ccc(Cl)cc2)cn1. The summed E-state index contributed by atoms with van der Waals surface area (Å²) in [4.78, 5) is 16.2. The van der Waals surface area contributed by atoms with Crippen LogP contribution in [0.3, 0.4) is 0 Å². The number of hydrazine groups is 1. The molecule has 6 heteroatoms. The lowest BCUT2D eigenvalue weighted by atomic mass is 10.2. The van der Waals surface area contributed by atoms with E-state index in [1.165, 1.54) is 6.20 Å². The zero-order chi connectivity index (χ0) is 14.5. The quantitative estimate of drug-likeness (QED) is 0.596. The van der Waals surface area contributed by atoms with Gasteiger partial charge in [0.05, 0.1) is 11.3 Å². The number of carbonyl (C=O) groups excluding carboxylic acids is 1. The first kappa shape index (κ1) is 14.3. The largest absolute Gasteiger partial charge is 0.348 e. The van der Waals surface area contributed by atoms with Gasteiger partial charge in [-0.2, -0.15) is 0 Å². The number of rotatable bonds is 4. The molecule has 104 valence electrons. The van der Waals surface area contributed by atoms with Gasteiger partial charge in [0.1, 0.15) is 0 Å². The lowest BCUT2D eigenvalue weighted by Gasteiger charge is -2.10. The minimum atomic E-state index is -0.236. The molecule has 2 aromatic rings. The Hall–Kier alpha value is -2.11. The third kappa shape index (κ3) is 3.46. The van der Waals surface area contributed by atoms with Crippen LogP contribution in [0.25, 0.3) is 0 Å². The number of aryl methyl sites for hydroxylation is 1. The molecular weight excluding hydrogens is 276 g/mol. The van der Waals surface area contributed by atoms with Crippen molar-refractivity contribution in [1.29, 1.82) is 0 Å². The molecule has 0 radical (unpaired) electrons. The number of halogens is 1. The number of nitrogen functional groups attached to an aromatic ring is 1. The molecule has 0 bridgehead atoms. The molecule has 5 nitrogen and oxygen atoms in total. The Bertz CT molecular complexity index is 613. The fourth-order valence-electron chi connectivity index (χ4n) is 1.74. The number of hydrogen-bond acceptors (Lipinski definition) is 4. The summed E-state index contributed by atoms with van der Waals surface area (Å²) < 4.78 is 0. The highest BCUT2D eigenvalue weighted by molar-refractivity contribution is 6.30. The van der Waals surface area contributed by atoms with Crippen molar-refractivity contribution in [2.75, 3.05) is 5.43 Å². The van der Waals surface area contributed by atoms with Gasteiger partial charge in [0.15, 0.2) is 0 Å². The van der Waals surface area contributed by atoms with Crippen LogP contribution in [0.1, 0.15) is 21.6 Å². The molecule has 0 unspecified atom stereocenters. The number of benzene rings is 1. The molecule has 0 fully saturated rings. The van der Waals surface area contributed by atoms with Gasteiger partial charge in [-0.15, -0.1) is 0 Å². The van der Waals surface area contributed by atoms with Crippen molar-refractivity contribution in [3.05, 3.63) is 58.4 Å². The molecule has 0 atom stereocenters. The summed E-state index contributed by atoms with van der Waals surface area (Å²) in [7, 11) is 0. The predicted octanol–water partition coefficient (Wildman–Crippen LogP) is 2.26. The average molecular weight is 291 g/mol. The zero-order valence-corrected chi connectivity index (χ0v) is 11.7. The number of carbonyl (C=O) groups is 1. The normalized spacial score (nSPS) is 10.2. The summed E-state index contributed by atoms with van der Waals surface area (Å²) in [5.74, 6) is 5.17. The van der Waals surface area contributed by atoms with Crippen molar-refractivity contribution >= 4 is 23.2 Å². The van der Waals surface area contributed by atoms with Gasteiger partial charge < -0.3 is 10.7 Å². The number of aromatic nitrogens is 1. The number of hydrogen-bond donors (Lipinski definition) is 3. The van der Waals surface area contributed by atoms with Gasteiger partial charge in [-0.1, -0.05) is 23.7 Å². The van der Waals surface area contributed by atoms with Crippen LogP contribution >= 0.6 is 11.6 Å². The van der Waals surface area contributed by atoms with Gasteiger partial charge in [-0.3, -0.25) is 15.6 Å². The minimum absolute atomic E-state index is 0.236. The summed E-state index contributed by atoms with van der Waals surface area (Å²) >= 11 is 5.81. The van der Waals surface area contributed by atoms with Crippen LogP contribution in [0.5, 0.6) is 0 Å². The lowest BCUT2D eigenvalue weighted by Crippen LogP contribution is -2.25. The Balaban J connectivity index is 2.07. The number of nitrogens with zero attached hydrogens (tertiary/aromatic N) is 1. The Morgan fingerprint density at radius 1 is 1.35 bits per heavy atom. The lowest BCUT2D eigenvalue weighted by molar-refractivity contribution is 0.0951. The molecule has 2 rings (SSSR count). The molecule has 0 spiro atoms. The molecular formula is C14H15ClN4O. The van der Waals surface area contributed by atoms with E-state index >= 15 is 0 Å². The number of pyridine rings is 1. The summed E-state index contributed by atoms with van der Waals surface area (Å²) in [5, 5.41) is 3.48. The maximum Gasteiger partial charge on any atom is 0.255 e. The Morgan fingerprint density at radius 3 is 2.70 bits per heavy atom. The molecule has 0 aliphatic carbocycles. The van der Waals surface area contributed by atoms with Crippen molar-refractivity contribution in [2.24, 2.45) is 5.84 Å². The summed E-state index contributed by atoms with van der Waals surface area (Å²) in [6, 6.07) is 9.00. The third-order valence-electron chi connectivity index (χ3n) is 2.81. The Kier molecular flexibility index (Phi) is 4.55. The zero-order valence-electron chi connectivity index (χ0n) is 11.0. The molecule has 4 N–H and O–H groups in total. The first-order chi connectivity index (χ1) is 9.60. The second-order valence-corrected chi connectivity index (χ2v) is 4.76. The molecule has 0 aliphatic heterocycles. The number of nitrogens with two attached hydrogens (primary N) is 1. The predicted molar refractivity (Wildman–Crippen MR) is 79.4 cm³/mol. The van der Waals surface area contributed by atoms with E-state index in [0.29, 0.717) is 22.8 Å². The van der Waals surface area contributed by atoms with Gasteiger partial charge >= 0.3 is 0 Å². The van der Waals surface area contributed by atoms with Crippen molar-refractivity contribution in [2.45, 2.75) is 13.5 Å². The van der Waals surface area contributed by atoms with Crippen molar-refractivity contribution in [3.63, 3.8) is 0 Å². The number of amides is 1. The van der Waals surface area contributed by atoms with E-state index in [2.05, 4.69) is 15.7 Å². The third-order valence-corrected chi connectivity index (χ3v) is 3.06. The molecule has 0 aliphatic rings. The van der Waals surface area contributed by atoms with E-state index in [1.807, 2.05) is 19.1 Å². The molecule has 0 saturated carbocycles. The van der Waals surface area contributed by atoms with Crippen LogP contribution in [0, 0.1) is 6.92 Å². The topological polar surface area (TPSA) is 80.0 Å². The molecule has 1 heterocycles. The van der Waals surface area contributed by atoms with Crippen LogP contribution in [-0.4, -0.2) is 10.9 Å². The molecule has 1 aromatic heterocycles. The maximum absolute atomic E-state index is 12.1. The van der Waals surface area contributed by atoms with Gasteiger partial charge in [-0.05, 0) is 30.7 Å². The molecule has 0 saturated heterocycles. The van der Waals surface area contributed by atoms with E-state index < -0.39 is 0 Å². The number of nitrogens with one attached hydrogen (secondary N) is 2. The van der Waals surface area contributed by atoms with Gasteiger partial charge in [0, 0.05) is 23.5 Å². The first-order valence-corrected chi connectivity index (χ1v) is 6.44. The molecule has 1 aromatic carbocycles. The minimum Gasteiger partial charge on any atom is -0.348 e. The van der Waals surface area contributed by atoms with Gasteiger partial charge in [0.2, 0.25) is 0 Å². The van der Waals surface area contributed by atoms with E-state index in [0.717, 1.165) is 11.3 Å². The van der Waals surface area contributed by atoms with Crippen LogP contribution in [0.2, 0.25) is 5.02 Å². The fraction of sp³-hybridized carbons (Fsp3) is 0.143. The van der Waals surface area contributed by atoms with E-state index in [-0.39, 0.29) is 5.91 Å². The van der Waals surface area contributed by atoms with Crippen LogP contribution in [-0.2, 0) is 6.54 Å². The smallest absolute Gasteiger partial charge is 0.255 e. The van der Waals surface area contributed by atoms with Gasteiger partial charge in [-0.25, -0.2) is 0 Å². The highest BCUT2D eigenvalue weighted by Gasteiger charge is 2.11. The molecule has 1 amide bonds. The van der Waals surface area contributed by atoms with Crippen LogP contribution < -0.4 is 16.6 Å². The van der Waals surface area contributed by atoms with E-state index in [9.17, 15) is 4.79 Å². The van der Waals surface area contributed by atoms with Crippen molar-refractivity contribution < 1.29 is 4.79 Å². The Labute approximate surface area is 122 Å². The van der Waals surface area contributed by atoms with E-state index in [1.54, 1.807) is 18.2 Å². The highest BCUT2D eigenvalue weighted by atomic mass is 35.5. The standard InChI is InChI=1S/C14H15ClN4O/c1-9-6-13(19-16)12(8-17-9)14(20)18-7-10-2-4-11(15)5-3-10/h2-6,8H,7,16H2,1H3,(H,17,19)(H,18,20). The van der Waals surface area contributed by atoms with Crippen molar-refractivity contribution in [1.82, 2.24) is 10.3 Å². The fourth-order valence-corrected chi connectivity index (χ4v) is 1.87. The van der Waals surface area contributed by atoms with Gasteiger partial charge in [0.25, 0.3) is 5.91 Å². The van der Waals surface area contributed by atoms with E-state index in [4.69, 9.17) is 17.4 Å². The second-order valence-electron chi connectivity index (χ2n) is 4.32. The number of anilines is 1. The summed E-state index contributed by atoms with van der Waals surface area (Å²) in [6.07, 6.45) is 1.50. The molecule has 20 heavy (non-hydrogen) atoms. The highest BCUT2D eigenvalue weighted by Crippen LogP contribution is 2.14. The monoisotopic (exact) mass is 290 g/mol. The summed E-state index contributed by atoms with van der Waals surface area (Å²) in [5.41, 5.74) is 5.21.